The standard InChI is InChI=1S/C45H56F5N7O5SSi/c1-25-18-30-29(19-52-57(30)31-12-10-11-17-59-31)32(34(25)45(48,49)50)35-36-28(15-16-51-35)33-37(55-20-26-13-14-27(21-55)56(26)40(58)62-41(2,3)4)53-39(54-38(33)63-36)60-23-43(22-44(43,46)47)24-61-64(8,9)42(5,6)7/h15-16,18-19,26-27,31H,10-14,17,20-24H2,1-9H3/t26-,27+,31?,43-/m0/s1. The van der Waals surface area contributed by atoms with Crippen LogP contribution in [0.3, 0.4) is 0 Å². The van der Waals surface area contributed by atoms with Crippen molar-refractivity contribution in [2.45, 2.75) is 141 Å². The number of aromatic nitrogens is 5. The van der Waals surface area contributed by atoms with E-state index in [9.17, 15) is 4.79 Å². The molecule has 3 aliphatic heterocycles. The van der Waals surface area contributed by atoms with Gasteiger partial charge in [0.05, 0.1) is 50.6 Å². The van der Waals surface area contributed by atoms with Gasteiger partial charge in [-0.2, -0.15) is 28.2 Å². The van der Waals surface area contributed by atoms with Crippen LogP contribution in [0.2, 0.25) is 18.1 Å². The Morgan fingerprint density at radius 2 is 1.70 bits per heavy atom. The normalized spacial score (nSPS) is 24.0. The summed E-state index contributed by atoms with van der Waals surface area (Å²) < 4.78 is 103. The molecule has 1 unspecified atom stereocenters. The third-order valence-corrected chi connectivity index (χ3v) is 19.4. The highest BCUT2D eigenvalue weighted by Crippen LogP contribution is 2.61. The van der Waals surface area contributed by atoms with Crippen LogP contribution in [0.4, 0.5) is 32.6 Å². The molecule has 0 radical (unpaired) electrons. The molecule has 2 bridgehead atoms. The molecule has 64 heavy (non-hydrogen) atoms. The van der Waals surface area contributed by atoms with Gasteiger partial charge in [-0.25, -0.2) is 18.3 Å². The summed E-state index contributed by atoms with van der Waals surface area (Å²) in [4.78, 5) is 32.1. The number of amides is 1. The number of alkyl halides is 5. The van der Waals surface area contributed by atoms with Crippen LogP contribution in [0.25, 0.3) is 42.5 Å². The average Bonchev–Trinajstić information content (AvgIpc) is 3.55. The van der Waals surface area contributed by atoms with Gasteiger partial charge in [-0.15, -0.1) is 11.3 Å². The zero-order valence-electron chi connectivity index (χ0n) is 37.8. The lowest BCUT2D eigenvalue weighted by molar-refractivity contribution is -0.137. The number of fused-ring (bicyclic) bond motifs is 6. The van der Waals surface area contributed by atoms with Gasteiger partial charge in [0.25, 0.3) is 5.92 Å². The quantitative estimate of drug-likeness (QED) is 0.104. The number of aryl methyl sites for hydroxylation is 1. The van der Waals surface area contributed by atoms with Gasteiger partial charge in [-0.1, -0.05) is 20.8 Å². The van der Waals surface area contributed by atoms with Gasteiger partial charge in [0, 0.05) is 55.3 Å². The lowest BCUT2D eigenvalue weighted by atomic mass is 9.94. The van der Waals surface area contributed by atoms with E-state index in [4.69, 9.17) is 28.6 Å². The number of ether oxygens (including phenoxy) is 3. The molecule has 1 aromatic carbocycles. The Morgan fingerprint density at radius 3 is 2.31 bits per heavy atom. The minimum atomic E-state index is -4.74. The predicted molar refractivity (Wildman–Crippen MR) is 238 cm³/mol. The first-order valence-electron chi connectivity index (χ1n) is 22.1. The summed E-state index contributed by atoms with van der Waals surface area (Å²) in [7, 11) is -2.39. The molecule has 1 saturated carbocycles. The molecule has 9 rings (SSSR count). The molecule has 0 spiro atoms. The van der Waals surface area contributed by atoms with E-state index >= 15 is 22.0 Å². The maximum atomic E-state index is 15.3. The van der Waals surface area contributed by atoms with Crippen molar-refractivity contribution in [3.8, 4) is 17.3 Å². The number of piperazine rings is 1. The minimum Gasteiger partial charge on any atom is -0.462 e. The average molecular weight is 930 g/mol. The molecule has 4 aromatic heterocycles. The second kappa shape index (κ2) is 15.4. The van der Waals surface area contributed by atoms with E-state index in [1.807, 2.05) is 33.9 Å². The lowest BCUT2D eigenvalue weighted by Crippen LogP contribution is -2.57. The number of halogens is 5. The number of thiophene rings is 1. The molecule has 19 heteroatoms. The monoisotopic (exact) mass is 929 g/mol. The third kappa shape index (κ3) is 7.88. The summed E-state index contributed by atoms with van der Waals surface area (Å²) in [6, 6.07) is 2.69. The van der Waals surface area contributed by atoms with E-state index in [0.717, 1.165) is 37.0 Å². The lowest BCUT2D eigenvalue weighted by Gasteiger charge is -2.42. The van der Waals surface area contributed by atoms with E-state index in [1.165, 1.54) is 25.4 Å². The Kier molecular flexibility index (Phi) is 10.8. The number of carbonyl (C=O) groups excluding carboxylic acids is 1. The fourth-order valence-electron chi connectivity index (χ4n) is 9.27. The van der Waals surface area contributed by atoms with Crippen LogP contribution >= 0.6 is 11.3 Å². The first-order valence-corrected chi connectivity index (χ1v) is 25.8. The van der Waals surface area contributed by atoms with Gasteiger partial charge in [0.15, 0.2) is 14.5 Å². The molecule has 4 atom stereocenters. The van der Waals surface area contributed by atoms with Gasteiger partial charge in [0.2, 0.25) is 0 Å². The van der Waals surface area contributed by atoms with Crippen molar-refractivity contribution in [1.82, 2.24) is 29.6 Å². The smallest absolute Gasteiger partial charge is 0.417 e. The molecular weight excluding hydrogens is 874 g/mol. The minimum absolute atomic E-state index is 0.0188. The summed E-state index contributed by atoms with van der Waals surface area (Å²) >= 11 is 1.15. The zero-order chi connectivity index (χ0) is 45.9. The SMILES string of the molecule is Cc1cc2c(cnn2C2CCCCO2)c(-c2nccc3c2sc2nc(OC[C@]4(CO[Si](C)(C)C(C)(C)C)CC4(F)F)nc(N4C[C@H]5CC[C@@H](C4)N5C(=O)OC(C)(C)C)c23)c1C(F)(F)F. The topological polar surface area (TPSA) is 117 Å². The highest BCUT2D eigenvalue weighted by atomic mass is 32.1. The van der Waals surface area contributed by atoms with E-state index in [-0.39, 0.29) is 51.9 Å². The van der Waals surface area contributed by atoms with Crippen LogP contribution in [0.1, 0.15) is 97.4 Å². The van der Waals surface area contributed by atoms with Gasteiger partial charge in [-0.05, 0) is 95.6 Å². The molecule has 5 aromatic rings. The molecule has 3 saturated heterocycles. The summed E-state index contributed by atoms with van der Waals surface area (Å²) in [5.74, 6) is -2.59. The second-order valence-corrected chi connectivity index (χ2v) is 26.4. The maximum absolute atomic E-state index is 15.3. The first-order chi connectivity index (χ1) is 29.9. The maximum Gasteiger partial charge on any atom is 0.417 e. The van der Waals surface area contributed by atoms with E-state index < -0.39 is 62.3 Å². The number of anilines is 1. The fourth-order valence-corrected chi connectivity index (χ4v) is 11.5. The summed E-state index contributed by atoms with van der Waals surface area (Å²) in [6.07, 6.45) is 0.919. The first kappa shape index (κ1) is 45.0. The van der Waals surface area contributed by atoms with Crippen LogP contribution in [0, 0.1) is 12.3 Å². The Bertz CT molecular complexity index is 2620. The van der Waals surface area contributed by atoms with Crippen LogP contribution in [0.5, 0.6) is 6.01 Å². The number of hydrogen-bond donors (Lipinski definition) is 0. The molecule has 1 aliphatic carbocycles. The van der Waals surface area contributed by atoms with Gasteiger partial charge < -0.3 is 23.5 Å². The molecule has 12 nitrogen and oxygen atoms in total. The molecule has 4 fully saturated rings. The number of nitrogens with zero attached hydrogens (tertiary/aromatic N) is 7. The Balaban J connectivity index is 1.17. The number of pyridine rings is 1. The summed E-state index contributed by atoms with van der Waals surface area (Å²) in [5.41, 5.74) is -2.56. The van der Waals surface area contributed by atoms with Crippen molar-refractivity contribution in [3.05, 3.63) is 35.7 Å². The summed E-state index contributed by atoms with van der Waals surface area (Å²) in [5, 5.41) is 5.82. The fraction of sp³-hybridized carbons (Fsp3) is 0.622. The van der Waals surface area contributed by atoms with E-state index in [2.05, 4.69) is 35.8 Å². The van der Waals surface area contributed by atoms with Gasteiger partial charge in [0.1, 0.15) is 22.9 Å². The summed E-state index contributed by atoms with van der Waals surface area (Å²) in [6.45, 7) is 17.8. The van der Waals surface area contributed by atoms with E-state index in [0.29, 0.717) is 57.8 Å². The molecule has 7 heterocycles. The van der Waals surface area contributed by atoms with Crippen molar-refractivity contribution < 1.29 is 45.4 Å². The predicted octanol–water partition coefficient (Wildman–Crippen LogP) is 11.3. The molecule has 4 aliphatic rings. The number of rotatable bonds is 9. The van der Waals surface area contributed by atoms with Gasteiger partial charge in [-0.3, -0.25) is 9.88 Å². The third-order valence-electron chi connectivity index (χ3n) is 13.8. The molecule has 346 valence electrons. The van der Waals surface area contributed by atoms with Crippen molar-refractivity contribution in [3.63, 3.8) is 0 Å². The number of hydrogen-bond acceptors (Lipinski definition) is 11. The zero-order valence-corrected chi connectivity index (χ0v) is 39.6. The van der Waals surface area contributed by atoms with Crippen LogP contribution < -0.4 is 9.64 Å². The van der Waals surface area contributed by atoms with Gasteiger partial charge >= 0.3 is 18.3 Å². The Hall–Kier alpha value is -4.20. The molecular formula is C45H56F5N7O5SSi. The number of carbonyl (C=O) groups is 1. The Labute approximate surface area is 373 Å². The molecule has 1 amide bonds. The second-order valence-electron chi connectivity index (χ2n) is 20.6. The van der Waals surface area contributed by atoms with Crippen molar-refractivity contribution in [2.24, 2.45) is 5.41 Å². The van der Waals surface area contributed by atoms with Crippen LogP contribution in [-0.2, 0) is 20.1 Å². The van der Waals surface area contributed by atoms with Crippen molar-refractivity contribution >= 4 is 62.8 Å². The highest BCUT2D eigenvalue weighted by Gasteiger charge is 2.72. The van der Waals surface area contributed by atoms with Crippen LogP contribution in [0.15, 0.2) is 24.5 Å². The van der Waals surface area contributed by atoms with Crippen molar-refractivity contribution in [2.75, 3.05) is 37.8 Å². The van der Waals surface area contributed by atoms with Crippen LogP contribution in [-0.4, -0.2) is 101 Å². The van der Waals surface area contributed by atoms with E-state index in [1.54, 1.807) is 15.6 Å². The largest absolute Gasteiger partial charge is 0.462 e. The number of benzene rings is 1. The van der Waals surface area contributed by atoms with Crippen molar-refractivity contribution in [1.29, 1.82) is 0 Å². The molecule has 0 N–H and O–H groups in total. The Morgan fingerprint density at radius 1 is 1.00 bits per heavy atom. The highest BCUT2D eigenvalue weighted by molar-refractivity contribution is 7.26.